The monoisotopic (exact) mass is 425 g/mol. The molecule has 0 N–H and O–H groups in total. The highest BCUT2D eigenvalue weighted by atomic mass is 31.2. The number of phosphoric ester groups is 1. The second kappa shape index (κ2) is 8.30. The highest BCUT2D eigenvalue weighted by molar-refractivity contribution is 7.49. The Balaban J connectivity index is 1.66. The van der Waals surface area contributed by atoms with Gasteiger partial charge in [0.2, 0.25) is 0 Å². The molecule has 0 aromatic heterocycles. The van der Waals surface area contributed by atoms with Crippen LogP contribution in [0.5, 0.6) is 11.5 Å². The molecule has 0 aliphatic carbocycles. The fourth-order valence-electron chi connectivity index (χ4n) is 3.44. The van der Waals surface area contributed by atoms with E-state index in [0.29, 0.717) is 12.2 Å². The average Bonchev–Trinajstić information content (AvgIpc) is 2.73. The van der Waals surface area contributed by atoms with Crippen molar-refractivity contribution in [1.29, 1.82) is 0 Å². The first-order chi connectivity index (χ1) is 14.4. The van der Waals surface area contributed by atoms with Gasteiger partial charge in [0.15, 0.2) is 0 Å². The molecule has 1 heterocycles. The van der Waals surface area contributed by atoms with Gasteiger partial charge in [-0.1, -0.05) is 48.0 Å². The number of non-ortho nitro benzene ring substituents is 1. The topological polar surface area (TPSA) is 87.9 Å². The third kappa shape index (κ3) is 4.37. The summed E-state index contributed by atoms with van der Waals surface area (Å²) in [5.74, 6) is 0.617. The lowest BCUT2D eigenvalue weighted by Crippen LogP contribution is -2.15. The van der Waals surface area contributed by atoms with Crippen molar-refractivity contribution >= 4 is 13.5 Å². The Hall–Kier alpha value is -3.15. The Kier molecular flexibility index (Phi) is 5.57. The van der Waals surface area contributed by atoms with Crippen LogP contribution >= 0.6 is 7.82 Å². The number of phosphoric acid groups is 1. The minimum Gasteiger partial charge on any atom is -0.395 e. The second-order valence-electron chi connectivity index (χ2n) is 7.01. The number of nitro benzene ring substituents is 1. The second-order valence-corrected chi connectivity index (χ2v) is 8.53. The largest absolute Gasteiger partial charge is 0.587 e. The molecule has 0 spiro atoms. The van der Waals surface area contributed by atoms with Crippen LogP contribution in [0.25, 0.3) is 0 Å². The number of rotatable bonds is 4. The van der Waals surface area contributed by atoms with Crippen molar-refractivity contribution in [1.82, 2.24) is 0 Å². The molecule has 0 amide bonds. The molecule has 1 aliphatic heterocycles. The third-order valence-electron chi connectivity index (χ3n) is 4.87. The summed E-state index contributed by atoms with van der Waals surface area (Å²) in [5, 5.41) is 10.8. The van der Waals surface area contributed by atoms with E-state index in [0.717, 1.165) is 16.7 Å². The summed E-state index contributed by atoms with van der Waals surface area (Å²) < 4.78 is 30.2. The van der Waals surface area contributed by atoms with E-state index in [9.17, 15) is 14.7 Å². The quantitative estimate of drug-likeness (QED) is 0.288. The smallest absolute Gasteiger partial charge is 0.395 e. The summed E-state index contributed by atoms with van der Waals surface area (Å²) >= 11 is 0. The normalized spacial score (nSPS) is 20.9. The number of hydrogen-bond donors (Lipinski definition) is 0. The van der Waals surface area contributed by atoms with Crippen LogP contribution < -0.4 is 9.05 Å². The van der Waals surface area contributed by atoms with Gasteiger partial charge in [-0.15, -0.1) is 0 Å². The van der Waals surface area contributed by atoms with E-state index in [1.54, 1.807) is 6.07 Å². The molecule has 8 heteroatoms. The van der Waals surface area contributed by atoms with Crippen LogP contribution in [0.15, 0.2) is 72.8 Å². The van der Waals surface area contributed by atoms with Gasteiger partial charge in [-0.05, 0) is 37.1 Å². The van der Waals surface area contributed by atoms with Crippen LogP contribution in [0, 0.1) is 17.0 Å². The number of nitro groups is 1. The molecule has 30 heavy (non-hydrogen) atoms. The van der Waals surface area contributed by atoms with Crippen LogP contribution in [0.4, 0.5) is 5.69 Å². The van der Waals surface area contributed by atoms with Crippen LogP contribution in [-0.2, 0) is 9.09 Å². The number of nitrogens with zero attached hydrogens (tertiary/aromatic N) is 1. The lowest BCUT2D eigenvalue weighted by molar-refractivity contribution is -0.384. The maximum Gasteiger partial charge on any atom is 0.587 e. The van der Waals surface area contributed by atoms with Crippen molar-refractivity contribution in [3.8, 4) is 11.5 Å². The highest BCUT2D eigenvalue weighted by Gasteiger charge is 2.35. The summed E-state index contributed by atoms with van der Waals surface area (Å²) in [6.07, 6.45) is 0.595. The molecule has 0 fully saturated rings. The average molecular weight is 425 g/mol. The number of fused-ring (bicyclic) bond motifs is 1. The molecule has 4 rings (SSSR count). The molecular formula is C22H20NO6P. The lowest BCUT2D eigenvalue weighted by atomic mass is 9.87. The fourth-order valence-corrected chi connectivity index (χ4v) is 4.70. The van der Waals surface area contributed by atoms with Gasteiger partial charge < -0.3 is 9.05 Å². The zero-order valence-electron chi connectivity index (χ0n) is 16.3. The van der Waals surface area contributed by atoms with E-state index in [1.165, 1.54) is 24.3 Å². The summed E-state index contributed by atoms with van der Waals surface area (Å²) in [7, 11) is -3.98. The molecular weight excluding hydrogens is 405 g/mol. The van der Waals surface area contributed by atoms with Crippen LogP contribution in [0.1, 0.15) is 29.0 Å². The van der Waals surface area contributed by atoms with Crippen LogP contribution in [0.2, 0.25) is 0 Å². The van der Waals surface area contributed by atoms with E-state index >= 15 is 0 Å². The Morgan fingerprint density at radius 3 is 2.50 bits per heavy atom. The maximum absolute atomic E-state index is 13.3. The first kappa shape index (κ1) is 20.1. The minimum absolute atomic E-state index is 0.0224. The van der Waals surface area contributed by atoms with Gasteiger partial charge in [0.25, 0.3) is 5.69 Å². The third-order valence-corrected chi connectivity index (χ3v) is 6.23. The minimum atomic E-state index is -3.98. The summed E-state index contributed by atoms with van der Waals surface area (Å²) in [6.45, 7) is 2.15. The van der Waals surface area contributed by atoms with E-state index in [-0.39, 0.29) is 24.0 Å². The highest BCUT2D eigenvalue weighted by Crippen LogP contribution is 2.53. The lowest BCUT2D eigenvalue weighted by Gasteiger charge is -2.27. The van der Waals surface area contributed by atoms with Gasteiger partial charge in [-0.2, -0.15) is 0 Å². The van der Waals surface area contributed by atoms with Crippen LogP contribution in [0.3, 0.4) is 0 Å². The van der Waals surface area contributed by atoms with Gasteiger partial charge in [-0.25, -0.2) is 4.57 Å². The van der Waals surface area contributed by atoms with E-state index in [4.69, 9.17) is 13.6 Å². The summed E-state index contributed by atoms with van der Waals surface area (Å²) in [5.41, 5.74) is 3.00. The van der Waals surface area contributed by atoms with Crippen molar-refractivity contribution in [3.05, 3.63) is 99.6 Å². The van der Waals surface area contributed by atoms with Crippen molar-refractivity contribution in [3.63, 3.8) is 0 Å². The van der Waals surface area contributed by atoms with Gasteiger partial charge in [0, 0.05) is 23.6 Å². The first-order valence-electron chi connectivity index (χ1n) is 9.47. The van der Waals surface area contributed by atoms with Gasteiger partial charge in [-0.3, -0.25) is 14.6 Å². The van der Waals surface area contributed by atoms with Crippen molar-refractivity contribution < 1.29 is 23.1 Å². The van der Waals surface area contributed by atoms with Gasteiger partial charge >= 0.3 is 7.82 Å². The molecule has 7 nitrogen and oxygen atoms in total. The Morgan fingerprint density at radius 2 is 1.80 bits per heavy atom. The number of benzene rings is 3. The molecule has 0 saturated heterocycles. The van der Waals surface area contributed by atoms with Gasteiger partial charge in [0.1, 0.15) is 11.5 Å². The number of hydrogen-bond acceptors (Lipinski definition) is 6. The molecule has 154 valence electrons. The Labute approximate surface area is 174 Å². The summed E-state index contributed by atoms with van der Waals surface area (Å²) in [6, 6.07) is 21.0. The molecule has 0 radical (unpaired) electrons. The molecule has 0 saturated carbocycles. The SMILES string of the molecule is Cc1ccc2c(c1)C(c1ccccc1)CCOP(=O)(Oc1ccc([N+](=O)[O-])cc1)O2. The van der Waals surface area contributed by atoms with Crippen LogP contribution in [-0.4, -0.2) is 11.5 Å². The molecule has 2 atom stereocenters. The maximum atomic E-state index is 13.3. The van der Waals surface area contributed by atoms with E-state index in [2.05, 4.69) is 0 Å². The van der Waals surface area contributed by atoms with Crippen molar-refractivity contribution in [2.75, 3.05) is 6.61 Å². The fraction of sp³-hybridized carbons (Fsp3) is 0.182. The van der Waals surface area contributed by atoms with Crippen molar-refractivity contribution in [2.45, 2.75) is 19.3 Å². The molecule has 3 aromatic rings. The first-order valence-corrected chi connectivity index (χ1v) is 10.9. The van der Waals surface area contributed by atoms with E-state index < -0.39 is 12.7 Å². The Morgan fingerprint density at radius 1 is 1.07 bits per heavy atom. The number of aryl methyl sites for hydroxylation is 1. The zero-order valence-corrected chi connectivity index (χ0v) is 17.2. The predicted molar refractivity (Wildman–Crippen MR) is 112 cm³/mol. The van der Waals surface area contributed by atoms with Gasteiger partial charge in [0.05, 0.1) is 11.5 Å². The molecule has 3 aromatic carbocycles. The van der Waals surface area contributed by atoms with Crippen molar-refractivity contribution in [2.24, 2.45) is 0 Å². The summed E-state index contributed by atoms with van der Waals surface area (Å²) in [4.78, 5) is 10.3. The standard InChI is InChI=1S/C22H20NO6P/c1-16-7-12-22-21(15-16)20(17-5-3-2-4-6-17)13-14-27-30(26,29-22)28-19-10-8-18(9-11-19)23(24)25/h2-12,15,20H,13-14H2,1H3. The molecule has 2 unspecified atom stereocenters. The van der Waals surface area contributed by atoms with E-state index in [1.807, 2.05) is 49.4 Å². The Bertz CT molecular complexity index is 1100. The zero-order chi connectivity index (χ0) is 21.1. The molecule has 0 bridgehead atoms. The predicted octanol–water partition coefficient (Wildman–Crippen LogP) is 6.02. The molecule has 1 aliphatic rings.